The number of ether oxygens (including phenoxy) is 1. The minimum Gasteiger partial charge on any atom is -0.497 e. The Morgan fingerprint density at radius 3 is 2.75 bits per heavy atom. The Labute approximate surface area is 118 Å². The smallest absolute Gasteiger partial charge is 0.249 e. The average molecular weight is 277 g/mol. The minimum absolute atomic E-state index is 0.00980. The molecule has 0 saturated carbocycles. The van der Waals surface area contributed by atoms with Gasteiger partial charge in [0.15, 0.2) is 0 Å². The summed E-state index contributed by atoms with van der Waals surface area (Å²) in [6.07, 6.45) is 1.24. The molecule has 0 aromatic heterocycles. The zero-order valence-corrected chi connectivity index (χ0v) is 11.8. The molecule has 0 aliphatic carbocycles. The molecule has 0 atom stereocenters. The summed E-state index contributed by atoms with van der Waals surface area (Å²) < 4.78 is 5.07. The molecule has 0 unspecified atom stereocenters. The van der Waals surface area contributed by atoms with Crippen LogP contribution >= 0.6 is 0 Å². The Morgan fingerprint density at radius 1 is 1.35 bits per heavy atom. The maximum atomic E-state index is 11.4. The first-order valence-electron chi connectivity index (χ1n) is 6.26. The molecule has 108 valence electrons. The summed E-state index contributed by atoms with van der Waals surface area (Å²) in [6.45, 7) is 3.66. The molecule has 0 aliphatic rings. The van der Waals surface area contributed by atoms with Crippen molar-refractivity contribution in [2.45, 2.75) is 26.3 Å². The Morgan fingerprint density at radius 2 is 2.10 bits per heavy atom. The van der Waals surface area contributed by atoms with E-state index in [0.29, 0.717) is 5.75 Å². The van der Waals surface area contributed by atoms with Crippen LogP contribution in [0.3, 0.4) is 0 Å². The van der Waals surface area contributed by atoms with Crippen molar-refractivity contribution in [3.63, 3.8) is 0 Å². The highest BCUT2D eigenvalue weighted by molar-refractivity contribution is 5.97. The summed E-state index contributed by atoms with van der Waals surface area (Å²) in [5, 5.41) is 6.42. The number of benzene rings is 1. The highest BCUT2D eigenvalue weighted by atomic mass is 16.5. The van der Waals surface area contributed by atoms with Crippen molar-refractivity contribution in [1.82, 2.24) is 10.7 Å². The number of amides is 2. The van der Waals surface area contributed by atoms with Crippen molar-refractivity contribution in [1.29, 1.82) is 0 Å². The monoisotopic (exact) mass is 277 g/mol. The molecule has 2 N–H and O–H groups in total. The van der Waals surface area contributed by atoms with E-state index in [-0.39, 0.29) is 18.4 Å². The van der Waals surface area contributed by atoms with Crippen LogP contribution in [0.4, 0.5) is 0 Å². The van der Waals surface area contributed by atoms with Gasteiger partial charge in [-0.25, -0.2) is 5.43 Å². The first-order valence-corrected chi connectivity index (χ1v) is 6.26. The molecule has 20 heavy (non-hydrogen) atoms. The summed E-state index contributed by atoms with van der Waals surface area (Å²) in [5.41, 5.74) is 3.09. The van der Waals surface area contributed by atoms with E-state index in [0.717, 1.165) is 5.56 Å². The van der Waals surface area contributed by atoms with Gasteiger partial charge >= 0.3 is 0 Å². The number of rotatable bonds is 6. The maximum absolute atomic E-state index is 11.4. The van der Waals surface area contributed by atoms with Gasteiger partial charge in [0.05, 0.1) is 13.3 Å². The van der Waals surface area contributed by atoms with Gasteiger partial charge in [0, 0.05) is 6.04 Å². The standard InChI is InChI=1S/C14H19N3O3/c1-10(2)16-13(18)8-14(19)17-15-9-11-5-4-6-12(7-11)20-3/h4-7,9-10H,8H2,1-3H3,(H,16,18)(H,17,19). The summed E-state index contributed by atoms with van der Waals surface area (Å²) in [6, 6.07) is 7.24. The van der Waals surface area contributed by atoms with Gasteiger partial charge in [-0.05, 0) is 31.5 Å². The second-order valence-corrected chi connectivity index (χ2v) is 4.47. The molecule has 0 radical (unpaired) electrons. The number of carbonyl (C=O) groups excluding carboxylic acids is 2. The van der Waals surface area contributed by atoms with E-state index < -0.39 is 5.91 Å². The largest absolute Gasteiger partial charge is 0.497 e. The first-order chi connectivity index (χ1) is 9.51. The third-order valence-electron chi connectivity index (χ3n) is 2.27. The number of methoxy groups -OCH3 is 1. The van der Waals surface area contributed by atoms with Crippen molar-refractivity contribution in [2.75, 3.05) is 7.11 Å². The van der Waals surface area contributed by atoms with Gasteiger partial charge < -0.3 is 10.1 Å². The third-order valence-corrected chi connectivity index (χ3v) is 2.27. The molecule has 0 fully saturated rings. The highest BCUT2D eigenvalue weighted by Gasteiger charge is 2.08. The van der Waals surface area contributed by atoms with Crippen molar-refractivity contribution in [3.05, 3.63) is 29.8 Å². The van der Waals surface area contributed by atoms with E-state index >= 15 is 0 Å². The van der Waals surface area contributed by atoms with Gasteiger partial charge in [0.1, 0.15) is 12.2 Å². The molecule has 0 spiro atoms. The van der Waals surface area contributed by atoms with Gasteiger partial charge in [-0.1, -0.05) is 12.1 Å². The fourth-order valence-corrected chi connectivity index (χ4v) is 1.46. The van der Waals surface area contributed by atoms with Gasteiger partial charge in [0.2, 0.25) is 11.8 Å². The maximum Gasteiger partial charge on any atom is 0.249 e. The van der Waals surface area contributed by atoms with Crippen LogP contribution < -0.4 is 15.5 Å². The van der Waals surface area contributed by atoms with Crippen LogP contribution in [0.15, 0.2) is 29.4 Å². The van der Waals surface area contributed by atoms with Gasteiger partial charge in [-0.15, -0.1) is 0 Å². The number of carbonyl (C=O) groups is 2. The predicted molar refractivity (Wildman–Crippen MR) is 76.6 cm³/mol. The quantitative estimate of drug-likeness (QED) is 0.463. The lowest BCUT2D eigenvalue weighted by atomic mass is 10.2. The third kappa shape index (κ3) is 5.99. The van der Waals surface area contributed by atoms with Crippen molar-refractivity contribution < 1.29 is 14.3 Å². The first kappa shape index (κ1) is 15.7. The summed E-state index contributed by atoms with van der Waals surface area (Å²) in [4.78, 5) is 22.8. The van der Waals surface area contributed by atoms with E-state index in [9.17, 15) is 9.59 Å². The molecule has 0 bridgehead atoms. The number of nitrogens with zero attached hydrogens (tertiary/aromatic N) is 1. The molecule has 1 aromatic rings. The Balaban J connectivity index is 2.43. The van der Waals surface area contributed by atoms with Crippen LogP contribution in [-0.2, 0) is 9.59 Å². The van der Waals surface area contributed by atoms with Gasteiger partial charge in [-0.3, -0.25) is 9.59 Å². The van der Waals surface area contributed by atoms with Gasteiger partial charge in [0.25, 0.3) is 0 Å². The lowest BCUT2D eigenvalue weighted by Crippen LogP contribution is -2.34. The fraction of sp³-hybridized carbons (Fsp3) is 0.357. The summed E-state index contributed by atoms with van der Waals surface area (Å²) in [5.74, 6) is -0.0760. The number of hydrogen-bond donors (Lipinski definition) is 2. The molecule has 1 aromatic carbocycles. The predicted octanol–water partition coefficient (Wildman–Crippen LogP) is 1.06. The lowest BCUT2D eigenvalue weighted by Gasteiger charge is -2.06. The number of nitrogens with one attached hydrogen (secondary N) is 2. The second-order valence-electron chi connectivity index (χ2n) is 4.47. The van der Waals surface area contributed by atoms with E-state index in [1.165, 1.54) is 6.21 Å². The van der Waals surface area contributed by atoms with Crippen LogP contribution in [0.25, 0.3) is 0 Å². The zero-order chi connectivity index (χ0) is 15.0. The van der Waals surface area contributed by atoms with Gasteiger partial charge in [-0.2, -0.15) is 5.10 Å². The highest BCUT2D eigenvalue weighted by Crippen LogP contribution is 2.10. The lowest BCUT2D eigenvalue weighted by molar-refractivity contribution is -0.129. The number of hydrogen-bond acceptors (Lipinski definition) is 4. The normalized spacial score (nSPS) is 10.6. The zero-order valence-electron chi connectivity index (χ0n) is 11.8. The molecule has 2 amide bonds. The topological polar surface area (TPSA) is 79.8 Å². The summed E-state index contributed by atoms with van der Waals surface area (Å²) >= 11 is 0. The van der Waals surface area contributed by atoms with Crippen molar-refractivity contribution >= 4 is 18.0 Å². The molecule has 1 rings (SSSR count). The number of hydrazone groups is 1. The molecule has 0 aliphatic heterocycles. The van der Waals surface area contributed by atoms with Crippen LogP contribution in [-0.4, -0.2) is 31.2 Å². The Kier molecular flexibility index (Phi) is 6.22. The average Bonchev–Trinajstić information content (AvgIpc) is 2.37. The van der Waals surface area contributed by atoms with E-state index in [1.54, 1.807) is 13.2 Å². The van der Waals surface area contributed by atoms with E-state index in [1.807, 2.05) is 32.0 Å². The molecule has 0 heterocycles. The van der Waals surface area contributed by atoms with E-state index in [4.69, 9.17) is 4.74 Å². The van der Waals surface area contributed by atoms with Crippen LogP contribution in [0.1, 0.15) is 25.8 Å². The van der Waals surface area contributed by atoms with Crippen LogP contribution in [0.2, 0.25) is 0 Å². The second kappa shape index (κ2) is 7.93. The van der Waals surface area contributed by atoms with Crippen molar-refractivity contribution in [3.8, 4) is 5.75 Å². The molecular weight excluding hydrogens is 258 g/mol. The van der Waals surface area contributed by atoms with E-state index in [2.05, 4.69) is 15.8 Å². The summed E-state index contributed by atoms with van der Waals surface area (Å²) in [7, 11) is 1.57. The molecular formula is C14H19N3O3. The molecule has 6 heteroatoms. The SMILES string of the molecule is COc1cccc(C=NNC(=O)CC(=O)NC(C)C)c1. The van der Waals surface area contributed by atoms with Crippen molar-refractivity contribution in [2.24, 2.45) is 5.10 Å². The van der Waals surface area contributed by atoms with Crippen LogP contribution in [0.5, 0.6) is 5.75 Å². The Hall–Kier alpha value is -2.37. The fourth-order valence-electron chi connectivity index (χ4n) is 1.46. The molecule has 0 saturated heterocycles. The van der Waals surface area contributed by atoms with Crippen LogP contribution in [0, 0.1) is 0 Å². The minimum atomic E-state index is -0.456. The Bertz CT molecular complexity index is 498. The molecule has 6 nitrogen and oxygen atoms in total.